The molecule has 0 fully saturated rings. The number of carbonyl (C=O) groups excluding carboxylic acids is 1. The number of rotatable bonds is 8. The minimum Gasteiger partial charge on any atom is -0.493 e. The Labute approximate surface area is 173 Å². The number of nitrogens with one attached hydrogen (secondary N) is 2. The van der Waals surface area contributed by atoms with Gasteiger partial charge in [-0.25, -0.2) is 5.43 Å². The summed E-state index contributed by atoms with van der Waals surface area (Å²) in [5, 5.41) is 11.0. The minimum atomic E-state index is -0.386. The third kappa shape index (κ3) is 4.35. The number of amides is 1. The number of benzene rings is 2. The molecule has 0 saturated heterocycles. The van der Waals surface area contributed by atoms with E-state index in [1.54, 1.807) is 44.7 Å². The van der Waals surface area contributed by atoms with Crippen LogP contribution in [-0.4, -0.2) is 50.8 Å². The Morgan fingerprint density at radius 3 is 2.23 bits per heavy atom. The number of methoxy groups -OCH3 is 4. The molecule has 0 atom stereocenters. The van der Waals surface area contributed by atoms with E-state index in [-0.39, 0.29) is 5.91 Å². The molecule has 2 aromatic carbocycles. The second-order valence-electron chi connectivity index (χ2n) is 6.04. The fourth-order valence-electron chi connectivity index (χ4n) is 2.82. The summed E-state index contributed by atoms with van der Waals surface area (Å²) >= 11 is 0. The zero-order valence-electron chi connectivity index (χ0n) is 17.1. The van der Waals surface area contributed by atoms with Crippen LogP contribution in [0.1, 0.15) is 15.9 Å². The molecular formula is C21H22N4O5. The molecule has 3 aromatic rings. The largest absolute Gasteiger partial charge is 0.493 e. The van der Waals surface area contributed by atoms with E-state index in [1.165, 1.54) is 20.4 Å². The van der Waals surface area contributed by atoms with Crippen molar-refractivity contribution in [2.45, 2.75) is 0 Å². The normalized spacial score (nSPS) is 10.7. The highest BCUT2D eigenvalue weighted by atomic mass is 16.5. The average molecular weight is 410 g/mol. The van der Waals surface area contributed by atoms with Gasteiger partial charge in [0.2, 0.25) is 0 Å². The average Bonchev–Trinajstić information content (AvgIpc) is 3.26. The first kappa shape index (κ1) is 20.7. The second kappa shape index (κ2) is 9.46. The predicted molar refractivity (Wildman–Crippen MR) is 112 cm³/mol. The minimum absolute atomic E-state index is 0.386. The summed E-state index contributed by atoms with van der Waals surface area (Å²) in [5.74, 6) is 1.82. The van der Waals surface area contributed by atoms with Crippen LogP contribution in [0.3, 0.4) is 0 Å². The highest BCUT2D eigenvalue weighted by molar-refractivity contribution is 5.96. The molecule has 156 valence electrons. The lowest BCUT2D eigenvalue weighted by Crippen LogP contribution is -2.17. The maximum absolute atomic E-state index is 12.4. The summed E-state index contributed by atoms with van der Waals surface area (Å²) in [6, 6.07) is 10.4. The summed E-state index contributed by atoms with van der Waals surface area (Å²) in [6.07, 6.45) is 3.12. The van der Waals surface area contributed by atoms with Crippen LogP contribution in [0, 0.1) is 0 Å². The van der Waals surface area contributed by atoms with Crippen molar-refractivity contribution in [3.63, 3.8) is 0 Å². The van der Waals surface area contributed by atoms with Gasteiger partial charge in [-0.1, -0.05) is 0 Å². The summed E-state index contributed by atoms with van der Waals surface area (Å²) in [5.41, 5.74) is 5.12. The smallest absolute Gasteiger partial charge is 0.271 e. The summed E-state index contributed by atoms with van der Waals surface area (Å²) in [4.78, 5) is 12.4. The van der Waals surface area contributed by atoms with Gasteiger partial charge in [0.25, 0.3) is 5.91 Å². The molecule has 1 amide bonds. The monoisotopic (exact) mass is 410 g/mol. The molecule has 9 heteroatoms. The Hall–Kier alpha value is -4.01. The number of aromatic nitrogens is 2. The molecule has 0 saturated carbocycles. The van der Waals surface area contributed by atoms with Crippen molar-refractivity contribution in [3.8, 4) is 34.3 Å². The first-order valence-corrected chi connectivity index (χ1v) is 8.92. The van der Waals surface area contributed by atoms with Crippen molar-refractivity contribution in [2.24, 2.45) is 5.10 Å². The molecule has 1 heterocycles. The number of nitrogens with zero attached hydrogens (tertiary/aromatic N) is 2. The van der Waals surface area contributed by atoms with E-state index in [2.05, 4.69) is 20.7 Å². The Bertz CT molecular complexity index is 1060. The molecule has 2 N–H and O–H groups in total. The second-order valence-corrected chi connectivity index (χ2v) is 6.04. The van der Waals surface area contributed by atoms with Gasteiger partial charge in [-0.15, -0.1) is 0 Å². The molecule has 3 rings (SSSR count). The summed E-state index contributed by atoms with van der Waals surface area (Å²) in [7, 11) is 6.18. The molecule has 30 heavy (non-hydrogen) atoms. The van der Waals surface area contributed by atoms with Crippen LogP contribution >= 0.6 is 0 Å². The van der Waals surface area contributed by atoms with Crippen LogP contribution in [0.5, 0.6) is 23.0 Å². The number of aromatic amines is 1. The molecule has 0 spiro atoms. The van der Waals surface area contributed by atoms with E-state index in [0.29, 0.717) is 34.1 Å². The van der Waals surface area contributed by atoms with Crippen LogP contribution in [0.25, 0.3) is 11.3 Å². The van der Waals surface area contributed by atoms with Crippen LogP contribution < -0.4 is 24.4 Å². The zero-order valence-corrected chi connectivity index (χ0v) is 17.1. The van der Waals surface area contributed by atoms with Gasteiger partial charge in [0.15, 0.2) is 23.0 Å². The lowest BCUT2D eigenvalue weighted by atomic mass is 10.1. The van der Waals surface area contributed by atoms with Gasteiger partial charge in [-0.05, 0) is 36.4 Å². The molecule has 0 aliphatic heterocycles. The van der Waals surface area contributed by atoms with E-state index in [1.807, 2.05) is 12.1 Å². The van der Waals surface area contributed by atoms with Gasteiger partial charge < -0.3 is 18.9 Å². The van der Waals surface area contributed by atoms with Crippen molar-refractivity contribution in [1.82, 2.24) is 15.6 Å². The fraction of sp³-hybridized carbons (Fsp3) is 0.190. The number of ether oxygens (including phenoxy) is 4. The van der Waals surface area contributed by atoms with Gasteiger partial charge in [0.1, 0.15) is 0 Å². The molecule has 1 aromatic heterocycles. The van der Waals surface area contributed by atoms with Gasteiger partial charge in [0, 0.05) is 16.7 Å². The van der Waals surface area contributed by atoms with Crippen LogP contribution in [-0.2, 0) is 0 Å². The molecule has 0 radical (unpaired) electrons. The first-order chi connectivity index (χ1) is 14.6. The SMILES string of the molecule is COc1ccc(C(=O)N/N=C/c2cn[nH]c2-c2ccc(OC)c(OC)c2)cc1OC. The third-order valence-electron chi connectivity index (χ3n) is 4.36. The molecule has 0 aliphatic rings. The van der Waals surface area contributed by atoms with Crippen molar-refractivity contribution in [2.75, 3.05) is 28.4 Å². The number of H-pyrrole nitrogens is 1. The molecule has 9 nitrogen and oxygen atoms in total. The Morgan fingerprint density at radius 1 is 0.933 bits per heavy atom. The van der Waals surface area contributed by atoms with Crippen molar-refractivity contribution in [1.29, 1.82) is 0 Å². The van der Waals surface area contributed by atoms with Crippen LogP contribution in [0.15, 0.2) is 47.7 Å². The number of hydrazone groups is 1. The lowest BCUT2D eigenvalue weighted by molar-refractivity contribution is 0.0954. The quantitative estimate of drug-likeness (QED) is 0.437. The fourth-order valence-corrected chi connectivity index (χ4v) is 2.82. The van der Waals surface area contributed by atoms with Crippen molar-refractivity contribution >= 4 is 12.1 Å². The first-order valence-electron chi connectivity index (χ1n) is 8.92. The molecule has 0 aliphatic carbocycles. The molecule has 0 unspecified atom stereocenters. The number of hydrogen-bond acceptors (Lipinski definition) is 7. The lowest BCUT2D eigenvalue weighted by Gasteiger charge is -2.09. The Morgan fingerprint density at radius 2 is 1.57 bits per heavy atom. The Balaban J connectivity index is 1.76. The van der Waals surface area contributed by atoms with E-state index >= 15 is 0 Å². The van der Waals surface area contributed by atoms with Crippen molar-refractivity contribution < 1.29 is 23.7 Å². The summed E-state index contributed by atoms with van der Waals surface area (Å²) < 4.78 is 21.0. The van der Waals surface area contributed by atoms with Gasteiger partial charge in [-0.3, -0.25) is 9.89 Å². The standard InChI is InChI=1S/C21H22N4O5/c1-27-16-7-5-13(9-18(16)29-3)20-15(11-22-24-20)12-23-25-21(26)14-6-8-17(28-2)19(10-14)30-4/h5-12H,1-4H3,(H,22,24)(H,25,26)/b23-12+. The van der Waals surface area contributed by atoms with E-state index in [4.69, 9.17) is 18.9 Å². The van der Waals surface area contributed by atoms with E-state index < -0.39 is 0 Å². The third-order valence-corrected chi connectivity index (χ3v) is 4.36. The summed E-state index contributed by atoms with van der Waals surface area (Å²) in [6.45, 7) is 0. The number of hydrogen-bond donors (Lipinski definition) is 2. The van der Waals surface area contributed by atoms with Gasteiger partial charge >= 0.3 is 0 Å². The predicted octanol–water partition coefficient (Wildman–Crippen LogP) is 2.88. The highest BCUT2D eigenvalue weighted by Crippen LogP contribution is 2.32. The van der Waals surface area contributed by atoms with E-state index in [0.717, 1.165) is 11.3 Å². The molecule has 0 bridgehead atoms. The zero-order chi connectivity index (χ0) is 21.5. The van der Waals surface area contributed by atoms with E-state index in [9.17, 15) is 4.79 Å². The maximum Gasteiger partial charge on any atom is 0.271 e. The Kier molecular flexibility index (Phi) is 6.53. The van der Waals surface area contributed by atoms with Crippen molar-refractivity contribution in [3.05, 3.63) is 53.7 Å². The number of carbonyl (C=O) groups is 1. The van der Waals surface area contributed by atoms with Gasteiger partial charge in [0.05, 0.1) is 46.5 Å². The topological polar surface area (TPSA) is 107 Å². The van der Waals surface area contributed by atoms with Crippen LogP contribution in [0.4, 0.5) is 0 Å². The maximum atomic E-state index is 12.4. The van der Waals surface area contributed by atoms with Crippen LogP contribution in [0.2, 0.25) is 0 Å². The van der Waals surface area contributed by atoms with Gasteiger partial charge in [-0.2, -0.15) is 10.2 Å². The highest BCUT2D eigenvalue weighted by Gasteiger charge is 2.12. The molecular weight excluding hydrogens is 388 g/mol.